The van der Waals surface area contributed by atoms with E-state index in [9.17, 15) is 4.79 Å². The molecule has 5 nitrogen and oxygen atoms in total. The minimum atomic E-state index is -0.994. The van der Waals surface area contributed by atoms with Gasteiger partial charge in [-0.3, -0.25) is 0 Å². The van der Waals surface area contributed by atoms with Crippen LogP contribution >= 0.6 is 0 Å². The third-order valence-electron chi connectivity index (χ3n) is 3.15. The highest BCUT2D eigenvalue weighted by Gasteiger charge is 2.15. The van der Waals surface area contributed by atoms with Crippen LogP contribution in [0.2, 0.25) is 0 Å². The second kappa shape index (κ2) is 6.17. The highest BCUT2D eigenvalue weighted by Crippen LogP contribution is 2.38. The fourth-order valence-electron chi connectivity index (χ4n) is 2.07. The van der Waals surface area contributed by atoms with E-state index in [0.29, 0.717) is 22.8 Å². The predicted molar refractivity (Wildman–Crippen MR) is 78.5 cm³/mol. The highest BCUT2D eigenvalue weighted by atomic mass is 16.5. The van der Waals surface area contributed by atoms with E-state index in [1.165, 1.54) is 13.2 Å². The Balaban J connectivity index is 2.64. The standard InChI is InChI=1S/C16H16O5/c1-19-11-5-6-12(15(9-11)21-3)13-8-10(16(17)18)4-7-14(13)20-2/h4-9H,1-3H3,(H,17,18). The van der Waals surface area contributed by atoms with Gasteiger partial charge in [0.1, 0.15) is 17.2 Å². The van der Waals surface area contributed by atoms with Gasteiger partial charge in [0.15, 0.2) is 0 Å². The molecule has 0 amide bonds. The molecule has 0 saturated heterocycles. The molecule has 0 heterocycles. The number of methoxy groups -OCH3 is 3. The minimum Gasteiger partial charge on any atom is -0.497 e. The van der Waals surface area contributed by atoms with E-state index in [1.54, 1.807) is 44.6 Å². The zero-order valence-corrected chi connectivity index (χ0v) is 12.0. The smallest absolute Gasteiger partial charge is 0.335 e. The number of hydrogen-bond donors (Lipinski definition) is 1. The fourth-order valence-corrected chi connectivity index (χ4v) is 2.07. The van der Waals surface area contributed by atoms with Crippen LogP contribution in [0.1, 0.15) is 10.4 Å². The second-order valence-corrected chi connectivity index (χ2v) is 4.29. The highest BCUT2D eigenvalue weighted by molar-refractivity contribution is 5.91. The Kier molecular flexibility index (Phi) is 4.33. The van der Waals surface area contributed by atoms with Crippen LogP contribution in [-0.4, -0.2) is 32.4 Å². The van der Waals surface area contributed by atoms with Crippen molar-refractivity contribution in [3.63, 3.8) is 0 Å². The lowest BCUT2D eigenvalue weighted by Gasteiger charge is -2.14. The molecule has 0 aliphatic carbocycles. The van der Waals surface area contributed by atoms with E-state index in [1.807, 2.05) is 0 Å². The third kappa shape index (κ3) is 2.91. The summed E-state index contributed by atoms with van der Waals surface area (Å²) in [6, 6.07) is 10.0. The van der Waals surface area contributed by atoms with E-state index in [0.717, 1.165) is 5.56 Å². The molecule has 2 aromatic carbocycles. The maximum Gasteiger partial charge on any atom is 0.335 e. The van der Waals surface area contributed by atoms with Crippen molar-refractivity contribution in [3.05, 3.63) is 42.0 Å². The molecule has 110 valence electrons. The van der Waals surface area contributed by atoms with Crippen LogP contribution in [0.25, 0.3) is 11.1 Å². The van der Waals surface area contributed by atoms with Crippen LogP contribution in [0.3, 0.4) is 0 Å². The van der Waals surface area contributed by atoms with E-state index in [2.05, 4.69) is 0 Å². The van der Waals surface area contributed by atoms with Crippen molar-refractivity contribution < 1.29 is 24.1 Å². The van der Waals surface area contributed by atoms with Gasteiger partial charge in [-0.25, -0.2) is 4.79 Å². The normalized spacial score (nSPS) is 10.0. The van der Waals surface area contributed by atoms with Crippen LogP contribution < -0.4 is 14.2 Å². The summed E-state index contributed by atoms with van der Waals surface area (Å²) in [6.07, 6.45) is 0. The molecule has 0 aliphatic heterocycles. The number of aromatic carboxylic acids is 1. The molecule has 0 aromatic heterocycles. The summed E-state index contributed by atoms with van der Waals surface area (Å²) in [5, 5.41) is 9.14. The van der Waals surface area contributed by atoms with Crippen LogP contribution in [0, 0.1) is 0 Å². The van der Waals surface area contributed by atoms with Crippen LogP contribution in [-0.2, 0) is 0 Å². The average molecular weight is 288 g/mol. The summed E-state index contributed by atoms with van der Waals surface area (Å²) in [4.78, 5) is 11.1. The van der Waals surface area contributed by atoms with Crippen molar-refractivity contribution in [1.29, 1.82) is 0 Å². The first-order chi connectivity index (χ1) is 10.1. The number of carboxylic acid groups (broad SMARTS) is 1. The third-order valence-corrected chi connectivity index (χ3v) is 3.15. The van der Waals surface area contributed by atoms with Gasteiger partial charge in [-0.2, -0.15) is 0 Å². The maximum atomic E-state index is 11.1. The zero-order valence-electron chi connectivity index (χ0n) is 12.0. The molecule has 0 bridgehead atoms. The first-order valence-electron chi connectivity index (χ1n) is 6.24. The van der Waals surface area contributed by atoms with Gasteiger partial charge in [-0.15, -0.1) is 0 Å². The number of ether oxygens (including phenoxy) is 3. The van der Waals surface area contributed by atoms with Crippen molar-refractivity contribution in [2.75, 3.05) is 21.3 Å². The Morgan fingerprint density at radius 3 is 2.14 bits per heavy atom. The summed E-state index contributed by atoms with van der Waals surface area (Å²) in [6.45, 7) is 0. The summed E-state index contributed by atoms with van der Waals surface area (Å²) in [7, 11) is 4.65. The summed E-state index contributed by atoms with van der Waals surface area (Å²) >= 11 is 0. The van der Waals surface area contributed by atoms with Gasteiger partial charge in [-0.05, 0) is 30.3 Å². The van der Waals surface area contributed by atoms with Gasteiger partial charge in [0.2, 0.25) is 0 Å². The molecule has 2 aromatic rings. The van der Waals surface area contributed by atoms with Gasteiger partial charge in [0, 0.05) is 17.2 Å². The Hall–Kier alpha value is -2.69. The first-order valence-corrected chi connectivity index (χ1v) is 6.24. The molecule has 0 atom stereocenters. The van der Waals surface area contributed by atoms with Gasteiger partial charge in [0.05, 0.1) is 26.9 Å². The topological polar surface area (TPSA) is 65.0 Å². The molecule has 21 heavy (non-hydrogen) atoms. The molecule has 0 unspecified atom stereocenters. The lowest BCUT2D eigenvalue weighted by Crippen LogP contribution is -1.99. The first kappa shape index (κ1) is 14.7. The largest absolute Gasteiger partial charge is 0.497 e. The minimum absolute atomic E-state index is 0.184. The lowest BCUT2D eigenvalue weighted by molar-refractivity contribution is 0.0697. The number of carbonyl (C=O) groups is 1. The van der Waals surface area contributed by atoms with E-state index in [-0.39, 0.29) is 5.56 Å². The van der Waals surface area contributed by atoms with Crippen LogP contribution in [0.4, 0.5) is 0 Å². The quantitative estimate of drug-likeness (QED) is 0.916. The molecule has 5 heteroatoms. The SMILES string of the molecule is COc1ccc(-c2cc(C(=O)O)ccc2OC)c(OC)c1. The van der Waals surface area contributed by atoms with E-state index >= 15 is 0 Å². The van der Waals surface area contributed by atoms with Gasteiger partial charge in [-0.1, -0.05) is 0 Å². The van der Waals surface area contributed by atoms with E-state index < -0.39 is 5.97 Å². The molecular weight excluding hydrogens is 272 g/mol. The molecule has 0 fully saturated rings. The fraction of sp³-hybridized carbons (Fsp3) is 0.188. The molecule has 0 saturated carbocycles. The van der Waals surface area contributed by atoms with Crippen molar-refractivity contribution in [1.82, 2.24) is 0 Å². The predicted octanol–water partition coefficient (Wildman–Crippen LogP) is 3.08. The Labute approximate surface area is 122 Å². The zero-order chi connectivity index (χ0) is 15.4. The number of hydrogen-bond acceptors (Lipinski definition) is 4. The Bertz CT molecular complexity index is 664. The van der Waals surface area contributed by atoms with Gasteiger partial charge in [0.25, 0.3) is 0 Å². The summed E-state index contributed by atoms with van der Waals surface area (Å²) < 4.78 is 15.8. The van der Waals surface area contributed by atoms with Crippen molar-refractivity contribution >= 4 is 5.97 Å². The summed E-state index contributed by atoms with van der Waals surface area (Å²) in [5.41, 5.74) is 1.57. The Morgan fingerprint density at radius 2 is 1.57 bits per heavy atom. The Morgan fingerprint density at radius 1 is 0.857 bits per heavy atom. The van der Waals surface area contributed by atoms with Gasteiger partial charge < -0.3 is 19.3 Å². The monoisotopic (exact) mass is 288 g/mol. The molecule has 1 N–H and O–H groups in total. The molecule has 2 rings (SSSR count). The van der Waals surface area contributed by atoms with Crippen LogP contribution in [0.5, 0.6) is 17.2 Å². The van der Waals surface area contributed by atoms with Crippen LogP contribution in [0.15, 0.2) is 36.4 Å². The van der Waals surface area contributed by atoms with E-state index in [4.69, 9.17) is 19.3 Å². The number of rotatable bonds is 5. The van der Waals surface area contributed by atoms with Crippen molar-refractivity contribution in [2.45, 2.75) is 0 Å². The van der Waals surface area contributed by atoms with Gasteiger partial charge >= 0.3 is 5.97 Å². The second-order valence-electron chi connectivity index (χ2n) is 4.29. The molecule has 0 spiro atoms. The number of carboxylic acids is 1. The van der Waals surface area contributed by atoms with Crippen molar-refractivity contribution in [3.8, 4) is 28.4 Å². The lowest BCUT2D eigenvalue weighted by atomic mass is 10.0. The molecular formula is C16H16O5. The molecule has 0 aliphatic rings. The molecule has 0 radical (unpaired) electrons. The summed E-state index contributed by atoms with van der Waals surface area (Å²) in [5.74, 6) is 0.814. The maximum absolute atomic E-state index is 11.1. The van der Waals surface area contributed by atoms with Crippen molar-refractivity contribution in [2.24, 2.45) is 0 Å². The number of benzene rings is 2. The average Bonchev–Trinajstić information content (AvgIpc) is 2.53.